The number of sulfonamides is 1. The van der Waals surface area contributed by atoms with E-state index in [9.17, 15) is 8.42 Å². The number of pyridine rings is 1. The van der Waals surface area contributed by atoms with Crippen molar-refractivity contribution >= 4 is 10.0 Å². The van der Waals surface area contributed by atoms with Crippen LogP contribution in [0.2, 0.25) is 0 Å². The predicted octanol–water partition coefficient (Wildman–Crippen LogP) is 3.23. The van der Waals surface area contributed by atoms with Crippen molar-refractivity contribution in [2.24, 2.45) is 0 Å². The van der Waals surface area contributed by atoms with E-state index in [1.54, 1.807) is 4.31 Å². The van der Waals surface area contributed by atoms with Crippen LogP contribution in [0.5, 0.6) is 0 Å². The maximum absolute atomic E-state index is 12.9. The van der Waals surface area contributed by atoms with Crippen LogP contribution < -0.4 is 0 Å². The van der Waals surface area contributed by atoms with Gasteiger partial charge in [0.1, 0.15) is 4.90 Å². The van der Waals surface area contributed by atoms with Crippen molar-refractivity contribution in [3.8, 4) is 0 Å². The molecule has 0 saturated carbocycles. The first-order valence-corrected chi connectivity index (χ1v) is 10.5. The van der Waals surface area contributed by atoms with E-state index in [2.05, 4.69) is 41.4 Å². The lowest BCUT2D eigenvalue weighted by atomic mass is 10.1. The summed E-state index contributed by atoms with van der Waals surface area (Å²) in [5.74, 6) is 0. The van der Waals surface area contributed by atoms with Crippen molar-refractivity contribution in [2.75, 3.05) is 6.54 Å². The number of H-pyrrole nitrogens is 1. The second-order valence-electron chi connectivity index (χ2n) is 6.92. The van der Waals surface area contributed by atoms with Gasteiger partial charge in [0, 0.05) is 24.9 Å². The first-order valence-electron chi connectivity index (χ1n) is 9.06. The molecule has 4 rings (SSSR count). The lowest BCUT2D eigenvalue weighted by Crippen LogP contribution is -2.31. The molecule has 3 heterocycles. The monoisotopic (exact) mass is 382 g/mol. The third-order valence-electron chi connectivity index (χ3n) is 4.96. The molecule has 1 aromatic carbocycles. The van der Waals surface area contributed by atoms with Crippen molar-refractivity contribution in [3.05, 3.63) is 77.4 Å². The first-order chi connectivity index (χ1) is 13.0. The molecule has 1 aliphatic heterocycles. The number of nitrogens with zero attached hydrogens (tertiary/aromatic N) is 3. The molecule has 140 valence electrons. The van der Waals surface area contributed by atoms with Gasteiger partial charge in [-0.05, 0) is 37.5 Å². The van der Waals surface area contributed by atoms with Crippen molar-refractivity contribution < 1.29 is 8.42 Å². The smallest absolute Gasteiger partial charge is 0.246 e. The molecular weight excluding hydrogens is 360 g/mol. The van der Waals surface area contributed by atoms with E-state index in [0.717, 1.165) is 30.7 Å². The van der Waals surface area contributed by atoms with Gasteiger partial charge in [-0.25, -0.2) is 8.42 Å². The van der Waals surface area contributed by atoms with E-state index < -0.39 is 10.0 Å². The second-order valence-corrected chi connectivity index (χ2v) is 8.81. The van der Waals surface area contributed by atoms with Crippen LogP contribution in [-0.2, 0) is 16.4 Å². The maximum atomic E-state index is 12.9. The number of aryl methyl sites for hydroxylation is 1. The number of hydrogen-bond acceptors (Lipinski definition) is 4. The van der Waals surface area contributed by atoms with Crippen molar-refractivity contribution in [1.82, 2.24) is 19.5 Å². The van der Waals surface area contributed by atoms with Crippen LogP contribution in [0.4, 0.5) is 0 Å². The van der Waals surface area contributed by atoms with Gasteiger partial charge in [-0.1, -0.05) is 35.9 Å². The summed E-state index contributed by atoms with van der Waals surface area (Å²) >= 11 is 0. The number of benzene rings is 1. The Bertz CT molecular complexity index is 1010. The Balaban J connectivity index is 1.60. The van der Waals surface area contributed by atoms with Gasteiger partial charge in [0.05, 0.1) is 17.9 Å². The van der Waals surface area contributed by atoms with E-state index in [4.69, 9.17) is 4.98 Å². The van der Waals surface area contributed by atoms with Crippen LogP contribution >= 0.6 is 0 Å². The van der Waals surface area contributed by atoms with Gasteiger partial charge in [0.2, 0.25) is 10.0 Å². The van der Waals surface area contributed by atoms with Crippen molar-refractivity contribution in [2.45, 2.75) is 37.1 Å². The molecule has 0 amide bonds. The first kappa shape index (κ1) is 17.9. The Labute approximate surface area is 159 Å². The van der Waals surface area contributed by atoms with Crippen LogP contribution in [0.15, 0.2) is 59.8 Å². The number of hydrogen-bond donors (Lipinski definition) is 1. The summed E-state index contributed by atoms with van der Waals surface area (Å²) in [6.45, 7) is 2.57. The molecular formula is C20H22N4O2S. The fraction of sp³-hybridized carbons (Fsp3) is 0.300. The number of aromatic amines is 1. The summed E-state index contributed by atoms with van der Waals surface area (Å²) in [5.41, 5.74) is 4.18. The van der Waals surface area contributed by atoms with Crippen LogP contribution in [0.25, 0.3) is 0 Å². The fourth-order valence-electron chi connectivity index (χ4n) is 3.54. The summed E-state index contributed by atoms with van der Waals surface area (Å²) in [6.07, 6.45) is 5.11. The molecule has 0 spiro atoms. The summed E-state index contributed by atoms with van der Waals surface area (Å²) in [6, 6.07) is 14.0. The molecule has 1 fully saturated rings. The van der Waals surface area contributed by atoms with Crippen LogP contribution in [0.1, 0.15) is 41.4 Å². The minimum atomic E-state index is -3.57. The minimum Gasteiger partial charge on any atom is -0.284 e. The topological polar surface area (TPSA) is 79.0 Å². The molecule has 0 aliphatic carbocycles. The Hall–Kier alpha value is -2.51. The van der Waals surface area contributed by atoms with Gasteiger partial charge in [0.25, 0.3) is 0 Å². The van der Waals surface area contributed by atoms with Crippen LogP contribution in [-0.4, -0.2) is 34.4 Å². The van der Waals surface area contributed by atoms with Crippen LogP contribution in [0, 0.1) is 6.92 Å². The maximum Gasteiger partial charge on any atom is 0.246 e. The van der Waals surface area contributed by atoms with E-state index >= 15 is 0 Å². The summed E-state index contributed by atoms with van der Waals surface area (Å²) < 4.78 is 27.4. The molecule has 3 aromatic rings. The highest BCUT2D eigenvalue weighted by atomic mass is 32.2. The zero-order chi connectivity index (χ0) is 18.9. The molecule has 7 heteroatoms. The molecule has 0 radical (unpaired) electrons. The third kappa shape index (κ3) is 3.65. The molecule has 1 aliphatic rings. The molecule has 0 unspecified atom stereocenters. The SMILES string of the molecule is Cc1ccc(Cc2cccc([C@@H]3CCCN3S(=O)(=O)c3cn[nH]c3)n2)cc1. The highest BCUT2D eigenvalue weighted by molar-refractivity contribution is 7.89. The molecule has 1 atom stereocenters. The van der Waals surface area contributed by atoms with Gasteiger partial charge < -0.3 is 0 Å². The van der Waals surface area contributed by atoms with E-state index in [0.29, 0.717) is 6.54 Å². The molecule has 1 N–H and O–H groups in total. The number of rotatable bonds is 5. The molecule has 0 bridgehead atoms. The van der Waals surface area contributed by atoms with Crippen LogP contribution in [0.3, 0.4) is 0 Å². The lowest BCUT2D eigenvalue weighted by molar-refractivity contribution is 0.390. The average molecular weight is 382 g/mol. The van der Waals surface area contributed by atoms with Gasteiger partial charge in [-0.15, -0.1) is 0 Å². The molecule has 2 aromatic heterocycles. The predicted molar refractivity (Wildman–Crippen MR) is 103 cm³/mol. The van der Waals surface area contributed by atoms with Crippen molar-refractivity contribution in [1.29, 1.82) is 0 Å². The van der Waals surface area contributed by atoms with E-state index in [1.807, 2.05) is 18.2 Å². The second kappa shape index (κ2) is 7.25. The highest BCUT2D eigenvalue weighted by Crippen LogP contribution is 2.35. The normalized spacial score (nSPS) is 18.0. The Morgan fingerprint density at radius 1 is 1.19 bits per heavy atom. The summed E-state index contributed by atoms with van der Waals surface area (Å²) in [5, 5.41) is 6.36. The Morgan fingerprint density at radius 3 is 2.74 bits per heavy atom. The van der Waals surface area contributed by atoms with Gasteiger partial charge >= 0.3 is 0 Å². The standard InChI is InChI=1S/C20H22N4O2S/c1-15-7-9-16(10-8-15)12-17-4-2-5-19(23-17)20-6-3-11-24(20)27(25,26)18-13-21-22-14-18/h2,4-5,7-10,13-14,20H,3,6,11-12H2,1H3,(H,21,22)/t20-/m0/s1. The number of nitrogens with one attached hydrogen (secondary N) is 1. The van der Waals surface area contributed by atoms with E-state index in [-0.39, 0.29) is 10.9 Å². The van der Waals surface area contributed by atoms with Gasteiger partial charge in [-0.3, -0.25) is 10.1 Å². The molecule has 27 heavy (non-hydrogen) atoms. The van der Waals surface area contributed by atoms with Gasteiger partial charge in [0.15, 0.2) is 0 Å². The minimum absolute atomic E-state index is 0.199. The molecule has 1 saturated heterocycles. The Kier molecular flexibility index (Phi) is 4.80. The molecule has 6 nitrogen and oxygen atoms in total. The zero-order valence-electron chi connectivity index (χ0n) is 15.2. The zero-order valence-corrected chi connectivity index (χ0v) is 16.0. The van der Waals surface area contributed by atoms with Gasteiger partial charge in [-0.2, -0.15) is 9.40 Å². The average Bonchev–Trinajstić information content (AvgIpc) is 3.36. The summed E-state index contributed by atoms with van der Waals surface area (Å²) in [7, 11) is -3.57. The fourth-order valence-corrected chi connectivity index (χ4v) is 5.11. The quantitative estimate of drug-likeness (QED) is 0.735. The summed E-state index contributed by atoms with van der Waals surface area (Å²) in [4.78, 5) is 4.99. The van der Waals surface area contributed by atoms with E-state index in [1.165, 1.54) is 23.5 Å². The largest absolute Gasteiger partial charge is 0.284 e. The van der Waals surface area contributed by atoms with Crippen molar-refractivity contribution in [3.63, 3.8) is 0 Å². The number of aromatic nitrogens is 3. The Morgan fingerprint density at radius 2 is 2.00 bits per heavy atom. The highest BCUT2D eigenvalue weighted by Gasteiger charge is 2.37. The third-order valence-corrected chi connectivity index (χ3v) is 6.83. The lowest BCUT2D eigenvalue weighted by Gasteiger charge is -2.23.